The number of ether oxygens (including phenoxy) is 1. The van der Waals surface area contributed by atoms with Gasteiger partial charge in [0.15, 0.2) is 11.5 Å². The molecule has 1 aromatic heterocycles. The van der Waals surface area contributed by atoms with Crippen molar-refractivity contribution in [1.82, 2.24) is 9.97 Å². The van der Waals surface area contributed by atoms with Gasteiger partial charge in [0, 0.05) is 34.4 Å². The molecule has 188 valence electrons. The number of nitrogens with zero attached hydrogens (tertiary/aromatic N) is 3. The van der Waals surface area contributed by atoms with E-state index in [1.165, 1.54) is 12.4 Å². The zero-order chi connectivity index (χ0) is 26.3. The van der Waals surface area contributed by atoms with Crippen LogP contribution in [0.3, 0.4) is 0 Å². The molecule has 1 aliphatic heterocycles. The Kier molecular flexibility index (Phi) is 8.53. The van der Waals surface area contributed by atoms with Crippen LogP contribution in [-0.2, 0) is 14.9 Å². The highest BCUT2D eigenvalue weighted by Gasteiger charge is 2.21. The topological polar surface area (TPSA) is 175 Å². The summed E-state index contributed by atoms with van der Waals surface area (Å²) in [5, 5.41) is 13.6. The number of nitrogens with one attached hydrogen (secondary N) is 3. The zero-order valence-electron chi connectivity index (χ0n) is 18.8. The van der Waals surface area contributed by atoms with E-state index in [1.807, 2.05) is 0 Å². The molecule has 0 saturated carbocycles. The third-order valence-electron chi connectivity index (χ3n) is 4.49. The van der Waals surface area contributed by atoms with E-state index in [1.54, 1.807) is 53.4 Å². The summed E-state index contributed by atoms with van der Waals surface area (Å²) in [4.78, 5) is 35.1. The molecule has 2 amide bonds. The monoisotopic (exact) mass is 532 g/mol. The largest absolute Gasteiger partial charge is 0.463 e. The van der Waals surface area contributed by atoms with Gasteiger partial charge in [-0.2, -0.15) is 8.42 Å². The maximum absolute atomic E-state index is 12.7. The van der Waals surface area contributed by atoms with Crippen LogP contribution in [0, 0.1) is 5.41 Å². The Labute approximate surface area is 211 Å². The van der Waals surface area contributed by atoms with Gasteiger partial charge in [0.2, 0.25) is 0 Å². The maximum Gasteiger partial charge on any atom is 0.289 e. The molecule has 1 fully saturated rings. The standard InChI is InChI=1S/C21H17ClN6O3.CH4O3S/c22-14-3-1-13(2-4-14)19(29)27-18-17(24-9-10-25-18)20(30)26-15-5-7-16(8-6-15)28-11-12-31-21(28)23;1-5(2,3)4/h1-10,23H,11-12H2,(H,26,30)(H,25,27,29);1H3,(H,2,3,4). The second-order valence-corrected chi connectivity index (χ2v) is 9.16. The average molecular weight is 533 g/mol. The summed E-state index contributed by atoms with van der Waals surface area (Å²) in [5.74, 6) is -0.922. The molecule has 0 unspecified atom stereocenters. The number of amides is 2. The fourth-order valence-corrected chi connectivity index (χ4v) is 3.08. The summed E-state index contributed by atoms with van der Waals surface area (Å²) in [6.07, 6.45) is 3.47. The Morgan fingerprint density at radius 1 is 1.03 bits per heavy atom. The Hall–Kier alpha value is -4.07. The minimum Gasteiger partial charge on any atom is -0.463 e. The average Bonchev–Trinajstić information content (AvgIpc) is 3.25. The molecule has 36 heavy (non-hydrogen) atoms. The first-order valence-electron chi connectivity index (χ1n) is 10.2. The van der Waals surface area contributed by atoms with Crippen LogP contribution in [0.15, 0.2) is 60.9 Å². The molecule has 0 spiro atoms. The third kappa shape index (κ3) is 7.73. The molecule has 14 heteroatoms. The second-order valence-electron chi connectivity index (χ2n) is 7.25. The molecule has 2 heterocycles. The third-order valence-corrected chi connectivity index (χ3v) is 4.74. The lowest BCUT2D eigenvalue weighted by molar-refractivity contribution is 0.102. The van der Waals surface area contributed by atoms with Crippen LogP contribution in [0.5, 0.6) is 0 Å². The van der Waals surface area contributed by atoms with Crippen LogP contribution in [0.4, 0.5) is 17.2 Å². The van der Waals surface area contributed by atoms with Gasteiger partial charge in [-0.15, -0.1) is 0 Å². The number of amidine groups is 1. The molecule has 12 nitrogen and oxygen atoms in total. The summed E-state index contributed by atoms with van der Waals surface area (Å²) in [7, 11) is -3.67. The number of hydrogen-bond donors (Lipinski definition) is 4. The first-order chi connectivity index (χ1) is 17.0. The number of halogens is 1. The Bertz CT molecular complexity index is 1360. The van der Waals surface area contributed by atoms with Gasteiger partial charge >= 0.3 is 0 Å². The van der Waals surface area contributed by atoms with Crippen LogP contribution >= 0.6 is 11.6 Å². The first kappa shape index (κ1) is 26.5. The highest BCUT2D eigenvalue weighted by atomic mass is 35.5. The maximum atomic E-state index is 12.7. The van der Waals surface area contributed by atoms with Crippen molar-refractivity contribution < 1.29 is 27.3 Å². The van der Waals surface area contributed by atoms with Crippen LogP contribution in [0.2, 0.25) is 5.02 Å². The molecular weight excluding hydrogens is 512 g/mol. The van der Waals surface area contributed by atoms with E-state index < -0.39 is 21.9 Å². The normalized spacial score (nSPS) is 12.8. The molecule has 0 atom stereocenters. The molecular formula is C22H21ClN6O6S. The summed E-state index contributed by atoms with van der Waals surface area (Å²) >= 11 is 5.85. The highest BCUT2D eigenvalue weighted by molar-refractivity contribution is 7.85. The Morgan fingerprint density at radius 2 is 1.64 bits per heavy atom. The fourth-order valence-electron chi connectivity index (χ4n) is 2.95. The molecule has 0 bridgehead atoms. The minimum atomic E-state index is -3.67. The second kappa shape index (κ2) is 11.6. The zero-order valence-corrected chi connectivity index (χ0v) is 20.4. The van der Waals surface area contributed by atoms with E-state index in [0.717, 1.165) is 5.69 Å². The Balaban J connectivity index is 0.000000658. The van der Waals surface area contributed by atoms with Gasteiger partial charge in [-0.3, -0.25) is 24.5 Å². The van der Waals surface area contributed by atoms with Crippen LogP contribution in [0.1, 0.15) is 20.8 Å². The van der Waals surface area contributed by atoms with Gasteiger partial charge in [0.25, 0.3) is 28.0 Å². The molecule has 3 aromatic rings. The van der Waals surface area contributed by atoms with Crippen molar-refractivity contribution in [2.45, 2.75) is 0 Å². The van der Waals surface area contributed by atoms with Crippen LogP contribution in [0.25, 0.3) is 0 Å². The van der Waals surface area contributed by atoms with Crippen LogP contribution < -0.4 is 15.5 Å². The molecule has 4 N–H and O–H groups in total. The van der Waals surface area contributed by atoms with E-state index in [9.17, 15) is 18.0 Å². The number of anilines is 3. The van der Waals surface area contributed by atoms with E-state index in [2.05, 4.69) is 20.6 Å². The predicted molar refractivity (Wildman–Crippen MR) is 134 cm³/mol. The van der Waals surface area contributed by atoms with E-state index in [0.29, 0.717) is 35.7 Å². The lowest BCUT2D eigenvalue weighted by Crippen LogP contribution is -2.24. The number of rotatable bonds is 5. The summed E-state index contributed by atoms with van der Waals surface area (Å²) in [5.41, 5.74) is 1.66. The summed E-state index contributed by atoms with van der Waals surface area (Å²) in [6.45, 7) is 1.06. The lowest BCUT2D eigenvalue weighted by atomic mass is 10.2. The SMILES string of the molecule is CS(=O)(=O)O.N=C1OCCN1c1ccc(NC(=O)c2nccnc2NC(=O)c2ccc(Cl)cc2)cc1. The molecule has 4 rings (SSSR count). The van der Waals surface area contributed by atoms with E-state index >= 15 is 0 Å². The predicted octanol–water partition coefficient (Wildman–Crippen LogP) is 2.91. The number of carbonyl (C=O) groups is 2. The van der Waals surface area contributed by atoms with E-state index in [-0.39, 0.29) is 17.5 Å². The van der Waals surface area contributed by atoms with Crippen molar-refractivity contribution in [3.8, 4) is 0 Å². The first-order valence-corrected chi connectivity index (χ1v) is 12.4. The number of aromatic nitrogens is 2. The van der Waals surface area contributed by atoms with Gasteiger partial charge < -0.3 is 15.4 Å². The van der Waals surface area contributed by atoms with Gasteiger partial charge in [0.1, 0.15) is 6.61 Å². The molecule has 1 aliphatic rings. The van der Waals surface area contributed by atoms with E-state index in [4.69, 9.17) is 26.3 Å². The highest BCUT2D eigenvalue weighted by Crippen LogP contribution is 2.21. The molecule has 0 aliphatic carbocycles. The number of carbonyl (C=O) groups excluding carboxylic acids is 2. The number of benzene rings is 2. The van der Waals surface area contributed by atoms with Crippen molar-refractivity contribution in [2.24, 2.45) is 0 Å². The minimum absolute atomic E-state index is 0.0244. The van der Waals surface area contributed by atoms with Crippen molar-refractivity contribution in [3.05, 3.63) is 77.2 Å². The van der Waals surface area contributed by atoms with Crippen LogP contribution in [-0.4, -0.2) is 60.2 Å². The molecule has 1 saturated heterocycles. The summed E-state index contributed by atoms with van der Waals surface area (Å²) in [6, 6.07) is 13.4. The van der Waals surface area contributed by atoms with Gasteiger partial charge in [-0.1, -0.05) is 11.6 Å². The van der Waals surface area contributed by atoms with Crippen molar-refractivity contribution >= 4 is 56.7 Å². The molecule has 2 aromatic carbocycles. The quantitative estimate of drug-likeness (QED) is 0.360. The van der Waals surface area contributed by atoms with Crippen molar-refractivity contribution in [3.63, 3.8) is 0 Å². The molecule has 0 radical (unpaired) electrons. The van der Waals surface area contributed by atoms with Gasteiger partial charge in [-0.25, -0.2) is 9.97 Å². The van der Waals surface area contributed by atoms with Crippen molar-refractivity contribution in [2.75, 3.05) is 34.9 Å². The Morgan fingerprint density at radius 3 is 2.22 bits per heavy atom. The lowest BCUT2D eigenvalue weighted by Gasteiger charge is -2.15. The van der Waals surface area contributed by atoms with Gasteiger partial charge in [0.05, 0.1) is 12.8 Å². The van der Waals surface area contributed by atoms with Gasteiger partial charge in [-0.05, 0) is 48.5 Å². The summed E-state index contributed by atoms with van der Waals surface area (Å²) < 4.78 is 31.0. The number of hydrogen-bond acceptors (Lipinski definition) is 8. The smallest absolute Gasteiger partial charge is 0.289 e. The fraction of sp³-hybridized carbons (Fsp3) is 0.136. The van der Waals surface area contributed by atoms with Crippen molar-refractivity contribution in [1.29, 1.82) is 5.41 Å².